The van der Waals surface area contributed by atoms with E-state index in [9.17, 15) is 9.18 Å². The summed E-state index contributed by atoms with van der Waals surface area (Å²) in [6, 6.07) is 6.10. The number of methoxy groups -OCH3 is 1. The standard InChI is InChI=1S/C18H28FN3O2/c1-3-4-16(22-11-9-20-10-12-22)18(23)21-13-17(24-2)14-5-7-15(19)8-6-14/h5-8,16-17,20H,3-4,9-13H2,1-2H3,(H,21,23). The van der Waals surface area contributed by atoms with E-state index in [4.69, 9.17) is 4.74 Å². The van der Waals surface area contributed by atoms with Crippen LogP contribution in [0.3, 0.4) is 0 Å². The molecule has 2 unspecified atom stereocenters. The zero-order valence-electron chi connectivity index (χ0n) is 14.6. The Balaban J connectivity index is 1.93. The van der Waals surface area contributed by atoms with E-state index in [-0.39, 0.29) is 23.9 Å². The lowest BCUT2D eigenvalue weighted by Crippen LogP contribution is -2.54. The number of amides is 1. The predicted octanol–water partition coefficient (Wildman–Crippen LogP) is 1.70. The molecule has 0 saturated carbocycles. The summed E-state index contributed by atoms with van der Waals surface area (Å²) in [5, 5.41) is 6.32. The predicted molar refractivity (Wildman–Crippen MR) is 92.3 cm³/mol. The van der Waals surface area contributed by atoms with Crippen molar-refractivity contribution in [2.45, 2.75) is 31.9 Å². The maximum absolute atomic E-state index is 13.0. The minimum Gasteiger partial charge on any atom is -0.375 e. The molecular weight excluding hydrogens is 309 g/mol. The van der Waals surface area contributed by atoms with Gasteiger partial charge in [-0.2, -0.15) is 0 Å². The Labute approximate surface area is 143 Å². The van der Waals surface area contributed by atoms with Gasteiger partial charge in [0.1, 0.15) is 5.82 Å². The van der Waals surface area contributed by atoms with Crippen LogP contribution in [0.2, 0.25) is 0 Å². The number of nitrogens with one attached hydrogen (secondary N) is 2. The van der Waals surface area contributed by atoms with Crippen molar-refractivity contribution in [3.63, 3.8) is 0 Å². The maximum atomic E-state index is 13.0. The molecule has 1 aliphatic rings. The summed E-state index contributed by atoms with van der Waals surface area (Å²) in [7, 11) is 1.60. The summed E-state index contributed by atoms with van der Waals surface area (Å²) in [5.41, 5.74) is 0.855. The smallest absolute Gasteiger partial charge is 0.237 e. The van der Waals surface area contributed by atoms with E-state index in [2.05, 4.69) is 22.5 Å². The second-order valence-corrected chi connectivity index (χ2v) is 6.11. The molecule has 0 radical (unpaired) electrons. The first-order valence-electron chi connectivity index (χ1n) is 8.66. The molecule has 2 atom stereocenters. The molecule has 2 rings (SSSR count). The van der Waals surface area contributed by atoms with Crippen LogP contribution in [0.15, 0.2) is 24.3 Å². The number of piperazine rings is 1. The third-order valence-electron chi connectivity index (χ3n) is 4.45. The first-order chi connectivity index (χ1) is 11.7. The number of rotatable bonds is 8. The molecular formula is C18H28FN3O2. The average molecular weight is 337 g/mol. The van der Waals surface area contributed by atoms with Crippen molar-refractivity contribution in [3.05, 3.63) is 35.6 Å². The molecule has 6 heteroatoms. The quantitative estimate of drug-likeness (QED) is 0.758. The maximum Gasteiger partial charge on any atom is 0.237 e. The molecule has 5 nitrogen and oxygen atoms in total. The van der Waals surface area contributed by atoms with E-state index in [1.165, 1.54) is 12.1 Å². The highest BCUT2D eigenvalue weighted by atomic mass is 19.1. The van der Waals surface area contributed by atoms with Crippen LogP contribution in [0, 0.1) is 5.82 Å². The third kappa shape index (κ3) is 5.26. The van der Waals surface area contributed by atoms with Crippen LogP contribution in [-0.2, 0) is 9.53 Å². The van der Waals surface area contributed by atoms with Gasteiger partial charge in [0, 0.05) is 39.8 Å². The summed E-state index contributed by atoms with van der Waals surface area (Å²) in [6.45, 7) is 6.10. The topological polar surface area (TPSA) is 53.6 Å². The van der Waals surface area contributed by atoms with Gasteiger partial charge in [-0.05, 0) is 24.1 Å². The van der Waals surface area contributed by atoms with Crippen molar-refractivity contribution in [3.8, 4) is 0 Å². The van der Waals surface area contributed by atoms with E-state index in [0.717, 1.165) is 44.6 Å². The average Bonchev–Trinajstić information content (AvgIpc) is 2.62. The highest BCUT2D eigenvalue weighted by Crippen LogP contribution is 2.17. The Morgan fingerprint density at radius 3 is 2.58 bits per heavy atom. The molecule has 0 bridgehead atoms. The Kier molecular flexibility index (Phi) is 7.62. The lowest BCUT2D eigenvalue weighted by Gasteiger charge is -2.34. The molecule has 134 valence electrons. The Morgan fingerprint density at radius 1 is 1.33 bits per heavy atom. The number of carbonyl (C=O) groups is 1. The molecule has 1 saturated heterocycles. The third-order valence-corrected chi connectivity index (χ3v) is 4.45. The first-order valence-corrected chi connectivity index (χ1v) is 8.66. The van der Waals surface area contributed by atoms with Gasteiger partial charge in [-0.1, -0.05) is 25.5 Å². The fourth-order valence-corrected chi connectivity index (χ4v) is 3.07. The second kappa shape index (κ2) is 9.71. The fraction of sp³-hybridized carbons (Fsp3) is 0.611. The lowest BCUT2D eigenvalue weighted by molar-refractivity contribution is -0.127. The Bertz CT molecular complexity index is 503. The molecule has 2 N–H and O–H groups in total. The zero-order chi connectivity index (χ0) is 17.4. The molecule has 24 heavy (non-hydrogen) atoms. The van der Waals surface area contributed by atoms with Crippen LogP contribution in [-0.4, -0.2) is 56.7 Å². The summed E-state index contributed by atoms with van der Waals surface area (Å²) in [4.78, 5) is 14.9. The van der Waals surface area contributed by atoms with Gasteiger partial charge in [0.2, 0.25) is 5.91 Å². The lowest BCUT2D eigenvalue weighted by atomic mass is 10.1. The van der Waals surface area contributed by atoms with E-state index in [1.54, 1.807) is 19.2 Å². The number of benzene rings is 1. The summed E-state index contributed by atoms with van der Waals surface area (Å²) < 4.78 is 18.5. The number of halogens is 1. The van der Waals surface area contributed by atoms with Crippen LogP contribution < -0.4 is 10.6 Å². The molecule has 1 fully saturated rings. The highest BCUT2D eigenvalue weighted by molar-refractivity contribution is 5.81. The van der Waals surface area contributed by atoms with Crippen LogP contribution >= 0.6 is 0 Å². The number of carbonyl (C=O) groups excluding carboxylic acids is 1. The van der Waals surface area contributed by atoms with Gasteiger partial charge in [0.15, 0.2) is 0 Å². The van der Waals surface area contributed by atoms with Gasteiger partial charge in [-0.3, -0.25) is 9.69 Å². The molecule has 1 aromatic carbocycles. The minimum absolute atomic E-state index is 0.0444. The van der Waals surface area contributed by atoms with Gasteiger partial charge in [-0.25, -0.2) is 4.39 Å². The number of hydrogen-bond acceptors (Lipinski definition) is 4. The molecule has 0 aliphatic carbocycles. The van der Waals surface area contributed by atoms with Gasteiger partial charge in [0.25, 0.3) is 0 Å². The molecule has 0 aromatic heterocycles. The van der Waals surface area contributed by atoms with Gasteiger partial charge < -0.3 is 15.4 Å². The fourth-order valence-electron chi connectivity index (χ4n) is 3.07. The van der Waals surface area contributed by atoms with Gasteiger partial charge in [-0.15, -0.1) is 0 Å². The van der Waals surface area contributed by atoms with E-state index in [0.29, 0.717) is 6.54 Å². The van der Waals surface area contributed by atoms with Crippen molar-refractivity contribution in [1.82, 2.24) is 15.5 Å². The second-order valence-electron chi connectivity index (χ2n) is 6.11. The summed E-state index contributed by atoms with van der Waals surface area (Å²) in [6.07, 6.45) is 1.54. The van der Waals surface area contributed by atoms with Crippen molar-refractivity contribution >= 4 is 5.91 Å². The minimum atomic E-state index is -0.278. The Morgan fingerprint density at radius 2 is 2.00 bits per heavy atom. The van der Waals surface area contributed by atoms with Crippen molar-refractivity contribution in [2.75, 3.05) is 39.8 Å². The zero-order valence-corrected chi connectivity index (χ0v) is 14.6. The van der Waals surface area contributed by atoms with Crippen LogP contribution in [0.5, 0.6) is 0 Å². The number of nitrogens with zero attached hydrogens (tertiary/aromatic N) is 1. The van der Waals surface area contributed by atoms with Crippen LogP contribution in [0.1, 0.15) is 31.4 Å². The monoisotopic (exact) mass is 337 g/mol. The van der Waals surface area contributed by atoms with Gasteiger partial charge in [0.05, 0.1) is 12.1 Å². The van der Waals surface area contributed by atoms with Crippen molar-refractivity contribution in [2.24, 2.45) is 0 Å². The number of hydrogen-bond donors (Lipinski definition) is 2. The molecule has 0 spiro atoms. The summed E-state index contributed by atoms with van der Waals surface area (Å²) >= 11 is 0. The highest BCUT2D eigenvalue weighted by Gasteiger charge is 2.26. The first kappa shape index (κ1) is 18.8. The Hall–Kier alpha value is -1.50. The molecule has 1 amide bonds. The normalized spacial score (nSPS) is 18.1. The van der Waals surface area contributed by atoms with Gasteiger partial charge >= 0.3 is 0 Å². The van der Waals surface area contributed by atoms with E-state index in [1.807, 2.05) is 0 Å². The number of ether oxygens (including phenoxy) is 1. The molecule has 1 aliphatic heterocycles. The molecule has 1 heterocycles. The summed E-state index contributed by atoms with van der Waals surface area (Å²) in [5.74, 6) is -0.234. The SMILES string of the molecule is CCCC(C(=O)NCC(OC)c1ccc(F)cc1)N1CCNCC1. The van der Waals surface area contributed by atoms with Crippen molar-refractivity contribution < 1.29 is 13.9 Å². The van der Waals surface area contributed by atoms with Crippen molar-refractivity contribution in [1.29, 1.82) is 0 Å². The van der Waals surface area contributed by atoms with E-state index >= 15 is 0 Å². The van der Waals surface area contributed by atoms with Crippen LogP contribution in [0.4, 0.5) is 4.39 Å². The van der Waals surface area contributed by atoms with Crippen LogP contribution in [0.25, 0.3) is 0 Å². The van der Waals surface area contributed by atoms with E-state index < -0.39 is 0 Å². The molecule has 1 aromatic rings. The largest absolute Gasteiger partial charge is 0.375 e.